The molecule has 0 atom stereocenters. The van der Waals surface area contributed by atoms with Crippen LogP contribution in [0.2, 0.25) is 0 Å². The third-order valence-electron chi connectivity index (χ3n) is 5.50. The van der Waals surface area contributed by atoms with Crippen molar-refractivity contribution in [2.75, 3.05) is 5.73 Å². The first-order valence-corrected chi connectivity index (χ1v) is 10.5. The van der Waals surface area contributed by atoms with Crippen molar-refractivity contribution in [2.45, 2.75) is 6.42 Å². The molecule has 0 aliphatic rings. The highest BCUT2D eigenvalue weighted by Gasteiger charge is 2.24. The van der Waals surface area contributed by atoms with Crippen LogP contribution in [-0.4, -0.2) is 39.4 Å². The number of nitrogen functional groups attached to an aromatic ring is 1. The molecule has 162 valence electrons. The molecule has 1 aromatic carbocycles. The first-order chi connectivity index (χ1) is 16.7. The van der Waals surface area contributed by atoms with Gasteiger partial charge < -0.3 is 5.73 Å². The highest BCUT2D eigenvalue weighted by Crippen LogP contribution is 2.37. The molecule has 10 nitrogen and oxygen atoms in total. The fourth-order valence-corrected chi connectivity index (χ4v) is 3.99. The molecule has 0 aliphatic heterocycles. The summed E-state index contributed by atoms with van der Waals surface area (Å²) in [5, 5.41) is 23.0. The average Bonchev–Trinajstić information content (AvgIpc) is 3.49. The topological polar surface area (TPSA) is 136 Å². The molecule has 5 heterocycles. The number of benzene rings is 1. The van der Waals surface area contributed by atoms with Gasteiger partial charge in [-0.15, -0.1) is 5.10 Å². The summed E-state index contributed by atoms with van der Waals surface area (Å²) >= 11 is 0. The average molecular weight is 444 g/mol. The van der Waals surface area contributed by atoms with Gasteiger partial charge in [-0.25, -0.2) is 9.97 Å². The van der Waals surface area contributed by atoms with Crippen LogP contribution >= 0.6 is 0 Å². The number of fused-ring (bicyclic) bond motifs is 2. The molecule has 0 unspecified atom stereocenters. The van der Waals surface area contributed by atoms with E-state index >= 15 is 0 Å². The molecule has 5 aromatic heterocycles. The minimum absolute atomic E-state index is 0.163. The van der Waals surface area contributed by atoms with E-state index in [1.807, 2.05) is 48.5 Å². The molecule has 0 amide bonds. The maximum absolute atomic E-state index is 9.75. The second-order valence-electron chi connectivity index (χ2n) is 7.57. The predicted octanol–water partition coefficient (Wildman–Crippen LogP) is 2.94. The normalized spacial score (nSPS) is 11.1. The van der Waals surface area contributed by atoms with E-state index < -0.39 is 0 Å². The summed E-state index contributed by atoms with van der Waals surface area (Å²) in [6, 6.07) is 18.9. The van der Waals surface area contributed by atoms with Gasteiger partial charge in [-0.1, -0.05) is 24.3 Å². The van der Waals surface area contributed by atoms with E-state index in [4.69, 9.17) is 10.7 Å². The minimum atomic E-state index is 0.163. The van der Waals surface area contributed by atoms with Gasteiger partial charge in [0, 0.05) is 29.2 Å². The predicted molar refractivity (Wildman–Crippen MR) is 124 cm³/mol. The van der Waals surface area contributed by atoms with Gasteiger partial charge in [-0.05, 0) is 30.3 Å². The molecule has 0 bridgehead atoms. The molecule has 0 fully saturated rings. The van der Waals surface area contributed by atoms with E-state index in [2.05, 4.69) is 31.3 Å². The second-order valence-corrected chi connectivity index (χ2v) is 7.57. The molecule has 0 saturated carbocycles. The molecule has 34 heavy (non-hydrogen) atoms. The van der Waals surface area contributed by atoms with Crippen LogP contribution in [0, 0.1) is 11.3 Å². The van der Waals surface area contributed by atoms with Crippen molar-refractivity contribution in [3.8, 4) is 28.5 Å². The van der Waals surface area contributed by atoms with Crippen LogP contribution in [0.5, 0.6) is 0 Å². The maximum atomic E-state index is 9.75. The van der Waals surface area contributed by atoms with Gasteiger partial charge in [0.05, 0.1) is 41.0 Å². The maximum Gasteiger partial charge on any atom is 0.223 e. The summed E-state index contributed by atoms with van der Waals surface area (Å²) < 4.78 is 3.05. The lowest BCUT2D eigenvalue weighted by atomic mass is 9.98. The van der Waals surface area contributed by atoms with Crippen molar-refractivity contribution in [3.63, 3.8) is 0 Å². The van der Waals surface area contributed by atoms with E-state index in [1.165, 1.54) is 9.15 Å². The number of hydrogen-bond acceptors (Lipinski definition) is 8. The Hall–Kier alpha value is -5.17. The minimum Gasteiger partial charge on any atom is -0.368 e. The van der Waals surface area contributed by atoms with Gasteiger partial charge in [0.25, 0.3) is 0 Å². The van der Waals surface area contributed by atoms with Crippen molar-refractivity contribution in [1.29, 1.82) is 5.26 Å². The van der Waals surface area contributed by atoms with Gasteiger partial charge in [0.1, 0.15) is 0 Å². The molecule has 10 heteroatoms. The van der Waals surface area contributed by atoms with Crippen molar-refractivity contribution in [3.05, 3.63) is 90.3 Å². The summed E-state index contributed by atoms with van der Waals surface area (Å²) in [7, 11) is 0. The molecule has 6 aromatic rings. The quantitative estimate of drug-likeness (QED) is 0.438. The molecule has 2 N–H and O–H groups in total. The van der Waals surface area contributed by atoms with Crippen LogP contribution in [-0.2, 0) is 6.42 Å². The Balaban J connectivity index is 1.67. The Morgan fingerprint density at radius 1 is 0.912 bits per heavy atom. The molecule has 6 rings (SSSR count). The second kappa shape index (κ2) is 7.75. The molecule has 0 saturated heterocycles. The Kier molecular flexibility index (Phi) is 4.45. The number of hydrogen-bond donors (Lipinski definition) is 1. The van der Waals surface area contributed by atoms with Crippen LogP contribution in [0.1, 0.15) is 17.1 Å². The number of nitrogens with two attached hydrogens (primary N) is 1. The summed E-state index contributed by atoms with van der Waals surface area (Å²) in [6.45, 7) is 0. The fraction of sp³-hybridized carbons (Fsp3) is 0.0417. The van der Waals surface area contributed by atoms with Crippen molar-refractivity contribution < 1.29 is 0 Å². The van der Waals surface area contributed by atoms with Gasteiger partial charge in [0.2, 0.25) is 5.95 Å². The number of pyridine rings is 1. The monoisotopic (exact) mass is 444 g/mol. The lowest BCUT2D eigenvalue weighted by Crippen LogP contribution is -2.06. The standard InChI is InChI=1S/C24H16N10/c25-13-15-6-1-2-8-17(15)22-21(18-14-29-34-19(18)9-5-11-28-34)23-30-20(32-33(23)24(26)31-22)12-16-7-3-4-10-27-16/h1-11,14H,12H2,(H2,26,31). The zero-order valence-corrected chi connectivity index (χ0v) is 17.7. The SMILES string of the molecule is N#Cc1ccccc1-c1nc(N)n2nc(Cc3ccccn3)nc2c1-c1cnn2ncccc12. The van der Waals surface area contributed by atoms with E-state index in [0.717, 1.165) is 16.8 Å². The number of nitrogens with zero attached hydrogens (tertiary/aromatic N) is 9. The van der Waals surface area contributed by atoms with E-state index in [9.17, 15) is 5.26 Å². The zero-order valence-electron chi connectivity index (χ0n) is 17.7. The lowest BCUT2D eigenvalue weighted by Gasteiger charge is -2.12. The summed E-state index contributed by atoms with van der Waals surface area (Å²) in [5.74, 6) is 0.713. The molecule has 0 radical (unpaired) electrons. The summed E-state index contributed by atoms with van der Waals surface area (Å²) in [5.41, 5.74) is 11.5. The highest BCUT2D eigenvalue weighted by molar-refractivity contribution is 5.97. The van der Waals surface area contributed by atoms with Crippen LogP contribution in [0.15, 0.2) is 73.2 Å². The summed E-state index contributed by atoms with van der Waals surface area (Å²) in [4.78, 5) is 13.9. The van der Waals surface area contributed by atoms with Gasteiger partial charge in [-0.3, -0.25) is 4.98 Å². The van der Waals surface area contributed by atoms with Gasteiger partial charge in [-0.2, -0.15) is 24.6 Å². The number of rotatable bonds is 4. The number of aromatic nitrogens is 8. The van der Waals surface area contributed by atoms with E-state index in [1.54, 1.807) is 24.7 Å². The summed E-state index contributed by atoms with van der Waals surface area (Å²) in [6.07, 6.45) is 5.53. The zero-order chi connectivity index (χ0) is 23.1. The Morgan fingerprint density at radius 3 is 2.65 bits per heavy atom. The van der Waals surface area contributed by atoms with Crippen LogP contribution in [0.4, 0.5) is 5.95 Å². The third-order valence-corrected chi connectivity index (χ3v) is 5.50. The van der Waals surface area contributed by atoms with Crippen molar-refractivity contribution in [2.24, 2.45) is 0 Å². The first-order valence-electron chi connectivity index (χ1n) is 10.5. The highest BCUT2D eigenvalue weighted by atomic mass is 15.4. The molecular formula is C24H16N10. The smallest absolute Gasteiger partial charge is 0.223 e. The van der Waals surface area contributed by atoms with Crippen LogP contribution in [0.25, 0.3) is 33.5 Å². The fourth-order valence-electron chi connectivity index (χ4n) is 3.99. The number of nitriles is 1. The van der Waals surface area contributed by atoms with Crippen LogP contribution in [0.3, 0.4) is 0 Å². The Bertz CT molecular complexity index is 1710. The van der Waals surface area contributed by atoms with Gasteiger partial charge >= 0.3 is 0 Å². The molecule has 0 aliphatic carbocycles. The Labute approximate surface area is 193 Å². The molecule has 0 spiro atoms. The first kappa shape index (κ1) is 19.5. The third kappa shape index (κ3) is 3.11. The largest absolute Gasteiger partial charge is 0.368 e. The Morgan fingerprint density at radius 2 is 1.79 bits per heavy atom. The van der Waals surface area contributed by atoms with Gasteiger partial charge in [0.15, 0.2) is 11.5 Å². The van der Waals surface area contributed by atoms with Crippen LogP contribution < -0.4 is 5.73 Å². The lowest BCUT2D eigenvalue weighted by molar-refractivity contribution is 0.800. The van der Waals surface area contributed by atoms with E-state index in [0.29, 0.717) is 40.3 Å². The van der Waals surface area contributed by atoms with E-state index in [-0.39, 0.29) is 5.95 Å². The van der Waals surface area contributed by atoms with Crippen molar-refractivity contribution in [1.82, 2.24) is 39.4 Å². The molecular weight excluding hydrogens is 428 g/mol. The van der Waals surface area contributed by atoms with Crippen molar-refractivity contribution >= 4 is 17.1 Å². The number of anilines is 1.